The first kappa shape index (κ1) is 7.44. The number of hydrogen-bond donors (Lipinski definition) is 0. The molecule has 0 aliphatic rings. The predicted molar refractivity (Wildman–Crippen MR) is 53.9 cm³/mol. The molecular weight excluding hydrogens is 176 g/mol. The lowest BCUT2D eigenvalue weighted by Crippen LogP contribution is -1.73. The summed E-state index contributed by atoms with van der Waals surface area (Å²) in [5.74, 6) is 0. The Kier molecular flexibility index (Phi) is 1.47. The van der Waals surface area contributed by atoms with E-state index in [0.29, 0.717) is 0 Å². The van der Waals surface area contributed by atoms with Crippen molar-refractivity contribution in [1.29, 1.82) is 0 Å². The molecule has 1 aromatic carbocycles. The zero-order valence-electron chi connectivity index (χ0n) is 7.44. The van der Waals surface area contributed by atoms with Crippen molar-refractivity contribution in [2.75, 3.05) is 0 Å². The van der Waals surface area contributed by atoms with Crippen LogP contribution in [0.5, 0.6) is 0 Å². The van der Waals surface area contributed by atoms with E-state index in [2.05, 4.69) is 0 Å². The van der Waals surface area contributed by atoms with Gasteiger partial charge in [-0.05, 0) is 12.1 Å². The van der Waals surface area contributed by atoms with Crippen LogP contribution in [0.15, 0.2) is 58.0 Å². The molecule has 0 atom stereocenters. The highest BCUT2D eigenvalue weighted by atomic mass is 16.3. The van der Waals surface area contributed by atoms with Crippen LogP contribution in [0.2, 0.25) is 0 Å². The molecule has 2 heteroatoms. The highest BCUT2D eigenvalue weighted by Gasteiger charge is 2.06. The van der Waals surface area contributed by atoms with Gasteiger partial charge in [-0.1, -0.05) is 18.2 Å². The lowest BCUT2D eigenvalue weighted by atomic mass is 10.1. The van der Waals surface area contributed by atoms with E-state index in [9.17, 15) is 0 Å². The second kappa shape index (κ2) is 2.77. The van der Waals surface area contributed by atoms with Gasteiger partial charge >= 0.3 is 0 Å². The summed E-state index contributed by atoms with van der Waals surface area (Å²) in [4.78, 5) is 0. The standard InChI is InChI=1S/C12H8O2/c1-2-9-5-7-14-12(9)11(3-1)10-4-6-13-8-10/h1-8H. The summed E-state index contributed by atoms with van der Waals surface area (Å²) < 4.78 is 10.5. The zero-order chi connectivity index (χ0) is 9.38. The van der Waals surface area contributed by atoms with Gasteiger partial charge in [0.2, 0.25) is 0 Å². The number of benzene rings is 1. The van der Waals surface area contributed by atoms with Crippen molar-refractivity contribution in [2.24, 2.45) is 0 Å². The molecule has 68 valence electrons. The number of hydrogen-bond acceptors (Lipinski definition) is 2. The molecule has 0 N–H and O–H groups in total. The van der Waals surface area contributed by atoms with Crippen LogP contribution in [0.1, 0.15) is 0 Å². The molecule has 2 nitrogen and oxygen atoms in total. The Bertz CT molecular complexity index is 546. The van der Waals surface area contributed by atoms with Crippen molar-refractivity contribution in [3.05, 3.63) is 49.1 Å². The fourth-order valence-electron chi connectivity index (χ4n) is 1.64. The van der Waals surface area contributed by atoms with Gasteiger partial charge in [0, 0.05) is 16.5 Å². The van der Waals surface area contributed by atoms with Gasteiger partial charge in [0.1, 0.15) is 5.58 Å². The van der Waals surface area contributed by atoms with Gasteiger partial charge in [0.15, 0.2) is 0 Å². The molecule has 0 aliphatic carbocycles. The Morgan fingerprint density at radius 1 is 0.929 bits per heavy atom. The molecule has 2 heterocycles. The van der Waals surface area contributed by atoms with Gasteiger partial charge in [-0.25, -0.2) is 0 Å². The van der Waals surface area contributed by atoms with Crippen molar-refractivity contribution in [3.63, 3.8) is 0 Å². The monoisotopic (exact) mass is 184 g/mol. The topological polar surface area (TPSA) is 26.3 Å². The van der Waals surface area contributed by atoms with Crippen molar-refractivity contribution in [2.45, 2.75) is 0 Å². The van der Waals surface area contributed by atoms with Gasteiger partial charge < -0.3 is 8.83 Å². The fourth-order valence-corrected chi connectivity index (χ4v) is 1.64. The molecule has 2 aromatic heterocycles. The van der Waals surface area contributed by atoms with Crippen LogP contribution in [0.25, 0.3) is 22.1 Å². The van der Waals surface area contributed by atoms with E-state index in [4.69, 9.17) is 8.83 Å². The van der Waals surface area contributed by atoms with Crippen LogP contribution in [0, 0.1) is 0 Å². The van der Waals surface area contributed by atoms with Gasteiger partial charge in [0.25, 0.3) is 0 Å². The lowest BCUT2D eigenvalue weighted by molar-refractivity contribution is 0.568. The van der Waals surface area contributed by atoms with E-state index in [0.717, 1.165) is 22.1 Å². The molecule has 0 spiro atoms. The highest BCUT2D eigenvalue weighted by molar-refractivity contribution is 5.92. The summed E-state index contributed by atoms with van der Waals surface area (Å²) in [5, 5.41) is 1.11. The molecular formula is C12H8O2. The predicted octanol–water partition coefficient (Wildman–Crippen LogP) is 3.69. The Labute approximate surface area is 80.8 Å². The summed E-state index contributed by atoms with van der Waals surface area (Å²) in [5.41, 5.74) is 3.03. The fraction of sp³-hybridized carbons (Fsp3) is 0. The van der Waals surface area contributed by atoms with Crippen molar-refractivity contribution in [1.82, 2.24) is 0 Å². The van der Waals surface area contributed by atoms with Crippen molar-refractivity contribution >= 4 is 11.0 Å². The van der Waals surface area contributed by atoms with Gasteiger partial charge in [-0.3, -0.25) is 0 Å². The van der Waals surface area contributed by atoms with E-state index in [-0.39, 0.29) is 0 Å². The summed E-state index contributed by atoms with van der Waals surface area (Å²) >= 11 is 0. The Hall–Kier alpha value is -1.96. The quantitative estimate of drug-likeness (QED) is 0.576. The molecule has 0 bridgehead atoms. The highest BCUT2D eigenvalue weighted by Crippen LogP contribution is 2.29. The van der Waals surface area contributed by atoms with Crippen LogP contribution in [-0.4, -0.2) is 0 Å². The molecule has 0 fully saturated rings. The smallest absolute Gasteiger partial charge is 0.141 e. The first-order chi connectivity index (χ1) is 6.95. The van der Waals surface area contributed by atoms with E-state index < -0.39 is 0 Å². The maximum Gasteiger partial charge on any atom is 0.141 e. The largest absolute Gasteiger partial charge is 0.472 e. The van der Waals surface area contributed by atoms with Gasteiger partial charge in [-0.2, -0.15) is 0 Å². The molecule has 3 rings (SSSR count). The molecule has 14 heavy (non-hydrogen) atoms. The van der Waals surface area contributed by atoms with Crippen LogP contribution >= 0.6 is 0 Å². The average molecular weight is 184 g/mol. The van der Waals surface area contributed by atoms with Crippen LogP contribution in [0.4, 0.5) is 0 Å². The normalized spacial score (nSPS) is 10.9. The minimum Gasteiger partial charge on any atom is -0.472 e. The van der Waals surface area contributed by atoms with E-state index >= 15 is 0 Å². The van der Waals surface area contributed by atoms with Crippen LogP contribution < -0.4 is 0 Å². The maximum absolute atomic E-state index is 5.43. The first-order valence-corrected chi connectivity index (χ1v) is 4.44. The van der Waals surface area contributed by atoms with Crippen molar-refractivity contribution in [3.8, 4) is 11.1 Å². The van der Waals surface area contributed by atoms with E-state index in [1.807, 2.05) is 30.3 Å². The summed E-state index contributed by atoms with van der Waals surface area (Å²) in [7, 11) is 0. The minimum absolute atomic E-state index is 0.911. The Morgan fingerprint density at radius 3 is 2.79 bits per heavy atom. The minimum atomic E-state index is 0.911. The number of rotatable bonds is 1. The summed E-state index contributed by atoms with van der Waals surface area (Å²) in [6, 6.07) is 9.95. The Balaban J connectivity index is 2.36. The molecule has 0 aliphatic heterocycles. The van der Waals surface area contributed by atoms with Gasteiger partial charge in [0.05, 0.1) is 18.8 Å². The first-order valence-electron chi connectivity index (χ1n) is 4.44. The second-order valence-electron chi connectivity index (χ2n) is 3.16. The number of furan rings is 2. The maximum atomic E-state index is 5.43. The van der Waals surface area contributed by atoms with Crippen LogP contribution in [-0.2, 0) is 0 Å². The molecule has 0 saturated heterocycles. The average Bonchev–Trinajstić information content (AvgIpc) is 2.88. The third-order valence-electron chi connectivity index (χ3n) is 2.31. The van der Waals surface area contributed by atoms with Crippen molar-refractivity contribution < 1.29 is 8.83 Å². The van der Waals surface area contributed by atoms with E-state index in [1.165, 1.54) is 0 Å². The van der Waals surface area contributed by atoms with Gasteiger partial charge in [-0.15, -0.1) is 0 Å². The molecule has 0 radical (unpaired) electrons. The van der Waals surface area contributed by atoms with Crippen LogP contribution in [0.3, 0.4) is 0 Å². The second-order valence-corrected chi connectivity index (χ2v) is 3.16. The lowest BCUT2D eigenvalue weighted by Gasteiger charge is -1.97. The summed E-state index contributed by atoms with van der Waals surface area (Å²) in [6.45, 7) is 0. The third-order valence-corrected chi connectivity index (χ3v) is 2.31. The molecule has 0 amide bonds. The third kappa shape index (κ3) is 0.973. The molecule has 3 aromatic rings. The Morgan fingerprint density at radius 2 is 1.93 bits per heavy atom. The summed E-state index contributed by atoms with van der Waals surface area (Å²) in [6.07, 6.45) is 5.09. The SMILES string of the molecule is c1cc(-c2ccoc2)c2occc2c1. The molecule has 0 unspecified atom stereocenters. The molecule has 0 saturated carbocycles. The number of fused-ring (bicyclic) bond motifs is 1. The zero-order valence-corrected chi connectivity index (χ0v) is 7.44. The number of para-hydroxylation sites is 1. The van der Waals surface area contributed by atoms with E-state index in [1.54, 1.807) is 18.8 Å².